The molecule has 0 fully saturated rings. The lowest BCUT2D eigenvalue weighted by Gasteiger charge is -2.23. The number of rotatable bonds is 3. The first-order valence-corrected chi connectivity index (χ1v) is 6.49. The van der Waals surface area contributed by atoms with E-state index in [1.54, 1.807) is 0 Å². The summed E-state index contributed by atoms with van der Waals surface area (Å²) in [6.45, 7) is 4.03. The van der Waals surface area contributed by atoms with Crippen molar-refractivity contribution < 1.29 is 0 Å². The highest BCUT2D eigenvalue weighted by Crippen LogP contribution is 2.28. The maximum Gasteiger partial charge on any atom is 0.109 e. The van der Waals surface area contributed by atoms with Gasteiger partial charge in [-0.3, -0.25) is 0 Å². The minimum Gasteiger partial charge on any atom is -0.330 e. The van der Waals surface area contributed by atoms with Gasteiger partial charge < -0.3 is 10.3 Å². The van der Waals surface area contributed by atoms with Gasteiger partial charge in [0.25, 0.3) is 0 Å². The molecule has 0 amide bonds. The van der Waals surface area contributed by atoms with Gasteiger partial charge in [0, 0.05) is 13.0 Å². The van der Waals surface area contributed by atoms with Crippen LogP contribution in [0.5, 0.6) is 0 Å². The molecular formula is C11H18BrN3. The fourth-order valence-electron chi connectivity index (χ4n) is 2.29. The van der Waals surface area contributed by atoms with E-state index in [1.807, 2.05) is 0 Å². The van der Waals surface area contributed by atoms with E-state index >= 15 is 0 Å². The highest BCUT2D eigenvalue weighted by molar-refractivity contribution is 9.10. The van der Waals surface area contributed by atoms with E-state index in [1.165, 1.54) is 22.5 Å². The van der Waals surface area contributed by atoms with E-state index in [0.29, 0.717) is 0 Å². The number of aryl methyl sites for hydroxylation is 2. The van der Waals surface area contributed by atoms with Crippen LogP contribution in [0.4, 0.5) is 0 Å². The molecule has 1 atom stereocenters. The third-order valence-corrected chi connectivity index (χ3v) is 4.06. The molecule has 0 saturated carbocycles. The van der Waals surface area contributed by atoms with Crippen LogP contribution in [0.3, 0.4) is 0 Å². The van der Waals surface area contributed by atoms with Gasteiger partial charge in [-0.05, 0) is 47.7 Å². The Hall–Kier alpha value is -0.350. The largest absolute Gasteiger partial charge is 0.330 e. The van der Waals surface area contributed by atoms with Crippen molar-refractivity contribution >= 4 is 15.9 Å². The molecule has 1 aliphatic rings. The van der Waals surface area contributed by atoms with Gasteiger partial charge in [0.2, 0.25) is 0 Å². The Balaban J connectivity index is 2.21. The third kappa shape index (κ3) is 2.11. The topological polar surface area (TPSA) is 43.8 Å². The van der Waals surface area contributed by atoms with E-state index in [0.717, 1.165) is 38.3 Å². The molecule has 0 aromatic carbocycles. The number of fused-ring (bicyclic) bond motifs is 1. The summed E-state index contributed by atoms with van der Waals surface area (Å²) in [5.41, 5.74) is 6.81. The minimum atomic E-state index is 0.734. The number of imidazole rings is 1. The predicted octanol–water partition coefficient (Wildman–Crippen LogP) is 2.12. The van der Waals surface area contributed by atoms with Crippen LogP contribution in [0.25, 0.3) is 0 Å². The molecule has 4 heteroatoms. The second kappa shape index (κ2) is 4.66. The molecule has 0 aliphatic carbocycles. The summed E-state index contributed by atoms with van der Waals surface area (Å²) in [6.07, 6.45) is 4.47. The molecule has 1 aliphatic heterocycles. The first-order valence-electron chi connectivity index (χ1n) is 5.70. The van der Waals surface area contributed by atoms with Crippen molar-refractivity contribution in [3.05, 3.63) is 16.1 Å². The van der Waals surface area contributed by atoms with Crippen LogP contribution in [0.15, 0.2) is 4.60 Å². The summed E-state index contributed by atoms with van der Waals surface area (Å²) in [5.74, 6) is 1.98. The number of hydrogen-bond acceptors (Lipinski definition) is 2. The first-order chi connectivity index (χ1) is 7.26. The maximum atomic E-state index is 5.61. The van der Waals surface area contributed by atoms with Crippen molar-refractivity contribution in [2.75, 3.05) is 6.54 Å². The van der Waals surface area contributed by atoms with E-state index in [4.69, 9.17) is 5.73 Å². The molecule has 0 radical (unpaired) electrons. The van der Waals surface area contributed by atoms with Gasteiger partial charge in [0.1, 0.15) is 10.4 Å². The van der Waals surface area contributed by atoms with Crippen molar-refractivity contribution in [2.45, 2.75) is 39.2 Å². The molecule has 0 spiro atoms. The molecule has 2 rings (SSSR count). The zero-order valence-corrected chi connectivity index (χ0v) is 10.8. The van der Waals surface area contributed by atoms with Gasteiger partial charge >= 0.3 is 0 Å². The van der Waals surface area contributed by atoms with Crippen molar-refractivity contribution in [1.29, 1.82) is 0 Å². The predicted molar refractivity (Wildman–Crippen MR) is 64.8 cm³/mol. The van der Waals surface area contributed by atoms with Crippen molar-refractivity contribution in [3.8, 4) is 0 Å². The highest BCUT2D eigenvalue weighted by atomic mass is 79.9. The summed E-state index contributed by atoms with van der Waals surface area (Å²) < 4.78 is 3.50. The van der Waals surface area contributed by atoms with E-state index in [-0.39, 0.29) is 0 Å². The van der Waals surface area contributed by atoms with Crippen LogP contribution in [-0.2, 0) is 19.4 Å². The molecule has 2 N–H and O–H groups in total. The minimum absolute atomic E-state index is 0.734. The maximum absolute atomic E-state index is 5.61. The van der Waals surface area contributed by atoms with Gasteiger partial charge in [-0.15, -0.1) is 0 Å². The summed E-state index contributed by atoms with van der Waals surface area (Å²) in [6, 6.07) is 0. The van der Waals surface area contributed by atoms with Gasteiger partial charge in [-0.1, -0.05) is 6.92 Å². The SMILES string of the molecule is CCc1nc2n(c1Br)CC(CCN)CC2. The second-order valence-electron chi connectivity index (χ2n) is 4.21. The Morgan fingerprint density at radius 1 is 1.60 bits per heavy atom. The molecule has 1 aromatic heterocycles. The number of nitrogens with zero attached hydrogens (tertiary/aromatic N) is 2. The Labute approximate surface area is 99.2 Å². The Morgan fingerprint density at radius 3 is 3.07 bits per heavy atom. The summed E-state index contributed by atoms with van der Waals surface area (Å²) in [5, 5.41) is 0. The molecule has 1 unspecified atom stereocenters. The van der Waals surface area contributed by atoms with Crippen LogP contribution >= 0.6 is 15.9 Å². The zero-order chi connectivity index (χ0) is 10.8. The lowest BCUT2D eigenvalue weighted by Crippen LogP contribution is -2.22. The van der Waals surface area contributed by atoms with Crippen molar-refractivity contribution in [1.82, 2.24) is 9.55 Å². The van der Waals surface area contributed by atoms with E-state index < -0.39 is 0 Å². The number of hydrogen-bond donors (Lipinski definition) is 1. The summed E-state index contributed by atoms with van der Waals surface area (Å²) >= 11 is 3.64. The molecule has 0 saturated heterocycles. The zero-order valence-electron chi connectivity index (χ0n) is 9.17. The number of aromatic nitrogens is 2. The van der Waals surface area contributed by atoms with Crippen LogP contribution in [0.2, 0.25) is 0 Å². The van der Waals surface area contributed by atoms with Gasteiger partial charge in [-0.25, -0.2) is 4.98 Å². The van der Waals surface area contributed by atoms with Crippen LogP contribution in [-0.4, -0.2) is 16.1 Å². The standard InChI is InChI=1S/C11H18BrN3/c1-2-9-11(12)15-7-8(5-6-13)3-4-10(15)14-9/h8H,2-7,13H2,1H3. The van der Waals surface area contributed by atoms with Gasteiger partial charge in [0.05, 0.1) is 5.69 Å². The van der Waals surface area contributed by atoms with E-state index in [2.05, 4.69) is 32.4 Å². The lowest BCUT2D eigenvalue weighted by atomic mass is 9.96. The molecule has 0 bridgehead atoms. The van der Waals surface area contributed by atoms with Gasteiger partial charge in [0.15, 0.2) is 0 Å². The van der Waals surface area contributed by atoms with Crippen molar-refractivity contribution in [3.63, 3.8) is 0 Å². The number of nitrogens with two attached hydrogens (primary N) is 1. The van der Waals surface area contributed by atoms with Crippen LogP contribution < -0.4 is 5.73 Å². The van der Waals surface area contributed by atoms with E-state index in [9.17, 15) is 0 Å². The Bertz CT molecular complexity index is 346. The summed E-state index contributed by atoms with van der Waals surface area (Å²) in [7, 11) is 0. The quantitative estimate of drug-likeness (QED) is 0.916. The molecule has 3 nitrogen and oxygen atoms in total. The first kappa shape index (κ1) is 11.1. The Kier molecular flexibility index (Phi) is 3.46. The average molecular weight is 272 g/mol. The molecule has 84 valence electrons. The molecule has 15 heavy (non-hydrogen) atoms. The molecule has 2 heterocycles. The Morgan fingerprint density at radius 2 is 2.40 bits per heavy atom. The van der Waals surface area contributed by atoms with Gasteiger partial charge in [-0.2, -0.15) is 0 Å². The smallest absolute Gasteiger partial charge is 0.109 e. The highest BCUT2D eigenvalue weighted by Gasteiger charge is 2.22. The third-order valence-electron chi connectivity index (χ3n) is 3.18. The normalized spacial score (nSPS) is 20.3. The lowest BCUT2D eigenvalue weighted by molar-refractivity contribution is 0.346. The summed E-state index contributed by atoms with van der Waals surface area (Å²) in [4.78, 5) is 4.65. The van der Waals surface area contributed by atoms with Crippen LogP contribution in [0.1, 0.15) is 31.3 Å². The molecular weight excluding hydrogens is 254 g/mol. The molecule has 1 aromatic rings. The second-order valence-corrected chi connectivity index (χ2v) is 4.96. The van der Waals surface area contributed by atoms with Crippen LogP contribution in [0, 0.1) is 5.92 Å². The fourth-order valence-corrected chi connectivity index (χ4v) is 3.01. The number of halogens is 1. The van der Waals surface area contributed by atoms with Crippen molar-refractivity contribution in [2.24, 2.45) is 11.7 Å². The average Bonchev–Trinajstić information content (AvgIpc) is 2.56. The monoisotopic (exact) mass is 271 g/mol. The fraction of sp³-hybridized carbons (Fsp3) is 0.727.